The molecule has 0 fully saturated rings. The Morgan fingerprint density at radius 1 is 2.00 bits per heavy atom. The molecule has 0 radical (unpaired) electrons. The van der Waals surface area contributed by atoms with Gasteiger partial charge in [-0.15, -0.1) is 0 Å². The van der Waals surface area contributed by atoms with Crippen LogP contribution in [0, 0.1) is 0 Å². The molecule has 0 spiro atoms. The Morgan fingerprint density at radius 3 is 3.55 bits per heavy atom. The van der Waals surface area contributed by atoms with Gasteiger partial charge in [0.2, 0.25) is 0 Å². The maximum absolute atomic E-state index is 11.5. The van der Waals surface area contributed by atoms with Gasteiger partial charge >= 0.3 is 0 Å². The SMILES string of the molecule is [2H]c1nc(C(=O)NC([2H])([2H])[2H])c([2H])c(Br)c1[2H]. The summed E-state index contributed by atoms with van der Waals surface area (Å²) >= 11 is 2.87. The number of nitrogens with zero attached hydrogens (tertiary/aromatic N) is 1. The Bertz CT molecular complexity index is 474. The molecule has 0 saturated carbocycles. The van der Waals surface area contributed by atoms with Gasteiger partial charge in [-0.05, 0) is 12.1 Å². The predicted molar refractivity (Wildman–Crippen MR) is 45.3 cm³/mol. The maximum atomic E-state index is 11.5. The first kappa shape index (κ1) is 3.23. The highest BCUT2D eigenvalue weighted by atomic mass is 79.9. The molecule has 0 aliphatic rings. The minimum absolute atomic E-state index is 0.0757. The average Bonchev–Trinajstić information content (AvgIpc) is 2.17. The van der Waals surface area contributed by atoms with Gasteiger partial charge in [-0.2, -0.15) is 0 Å². The van der Waals surface area contributed by atoms with E-state index in [0.717, 1.165) is 0 Å². The van der Waals surface area contributed by atoms with Crippen molar-refractivity contribution in [3.05, 3.63) is 28.4 Å². The van der Waals surface area contributed by atoms with Gasteiger partial charge in [-0.25, -0.2) is 0 Å². The summed E-state index contributed by atoms with van der Waals surface area (Å²) in [6.07, 6.45) is -0.511. The van der Waals surface area contributed by atoms with E-state index >= 15 is 0 Å². The van der Waals surface area contributed by atoms with Gasteiger partial charge in [0, 0.05) is 21.7 Å². The van der Waals surface area contributed by atoms with Gasteiger partial charge < -0.3 is 5.32 Å². The summed E-state index contributed by atoms with van der Waals surface area (Å²) in [5.74, 6) is -1.08. The molecule has 1 N–H and O–H groups in total. The zero-order valence-electron chi connectivity index (χ0n) is 11.2. The molecular formula is C7H7BrN2O. The molecular weight excluding hydrogens is 208 g/mol. The first-order valence-electron chi connectivity index (χ1n) is 5.59. The molecule has 0 aliphatic heterocycles. The van der Waals surface area contributed by atoms with Gasteiger partial charge in [0.25, 0.3) is 5.91 Å². The van der Waals surface area contributed by atoms with E-state index < -0.39 is 30.8 Å². The van der Waals surface area contributed by atoms with Crippen molar-refractivity contribution in [3.63, 3.8) is 0 Å². The summed E-state index contributed by atoms with van der Waals surface area (Å²) in [6, 6.07) is -0.756. The van der Waals surface area contributed by atoms with E-state index in [1.165, 1.54) is 0 Å². The Kier molecular flexibility index (Phi) is 1.02. The molecule has 1 rings (SSSR count). The Hall–Kier alpha value is -0.900. The van der Waals surface area contributed by atoms with Crippen molar-refractivity contribution in [1.82, 2.24) is 10.3 Å². The van der Waals surface area contributed by atoms with E-state index in [2.05, 4.69) is 20.9 Å². The lowest BCUT2D eigenvalue weighted by atomic mass is 10.3. The van der Waals surface area contributed by atoms with Crippen molar-refractivity contribution in [2.45, 2.75) is 0 Å². The van der Waals surface area contributed by atoms with Crippen molar-refractivity contribution >= 4 is 21.8 Å². The summed E-state index contributed by atoms with van der Waals surface area (Å²) in [5.41, 5.74) is -0.506. The summed E-state index contributed by atoms with van der Waals surface area (Å²) < 4.78 is 42.6. The molecule has 11 heavy (non-hydrogen) atoms. The number of hydrogen-bond acceptors (Lipinski definition) is 2. The second-order valence-corrected chi connectivity index (χ2v) is 2.38. The van der Waals surface area contributed by atoms with Crippen LogP contribution in [-0.4, -0.2) is 17.9 Å². The minimum atomic E-state index is -2.69. The highest BCUT2D eigenvalue weighted by molar-refractivity contribution is 9.10. The van der Waals surface area contributed by atoms with Crippen LogP contribution in [0.25, 0.3) is 0 Å². The second kappa shape index (κ2) is 3.48. The molecule has 1 aromatic rings. The molecule has 1 amide bonds. The summed E-state index contributed by atoms with van der Waals surface area (Å²) in [4.78, 5) is 14.9. The summed E-state index contributed by atoms with van der Waals surface area (Å²) in [5, 5.41) is 1.66. The third-order valence-corrected chi connectivity index (χ3v) is 1.29. The van der Waals surface area contributed by atoms with Crippen molar-refractivity contribution in [1.29, 1.82) is 0 Å². The standard InChI is InChI=1S/C7H7BrN2O/c1-9-7(11)6-4-5(8)2-3-10-6/h2-4H,1H3,(H,9,11)/i1D3,2D,3D,4D. The van der Waals surface area contributed by atoms with Crippen LogP contribution < -0.4 is 5.32 Å². The second-order valence-electron chi connectivity index (χ2n) is 1.59. The number of carbonyl (C=O) groups excluding carboxylic acids is 1. The van der Waals surface area contributed by atoms with Gasteiger partial charge in [0.1, 0.15) is 5.69 Å². The Balaban J connectivity index is 3.20. The molecule has 4 heteroatoms. The molecule has 0 aliphatic carbocycles. The molecule has 0 bridgehead atoms. The zero-order valence-corrected chi connectivity index (χ0v) is 6.82. The summed E-state index contributed by atoms with van der Waals surface area (Å²) in [6.45, 7) is -2.69. The van der Waals surface area contributed by atoms with Crippen LogP contribution in [0.2, 0.25) is 0 Å². The van der Waals surface area contributed by atoms with Gasteiger partial charge in [-0.1, -0.05) is 15.9 Å². The highest BCUT2D eigenvalue weighted by Crippen LogP contribution is 2.08. The fraction of sp³-hybridized carbons (Fsp3) is 0.143. The van der Waals surface area contributed by atoms with E-state index in [0.29, 0.717) is 0 Å². The van der Waals surface area contributed by atoms with Crippen molar-refractivity contribution in [2.75, 3.05) is 6.98 Å². The topological polar surface area (TPSA) is 42.0 Å². The van der Waals surface area contributed by atoms with Gasteiger partial charge in [-0.3, -0.25) is 9.78 Å². The van der Waals surface area contributed by atoms with Gasteiger partial charge in [0.15, 0.2) is 0 Å². The van der Waals surface area contributed by atoms with Crippen LogP contribution in [0.4, 0.5) is 0 Å². The van der Waals surface area contributed by atoms with Crippen LogP contribution in [0.5, 0.6) is 0 Å². The smallest absolute Gasteiger partial charge is 0.269 e. The van der Waals surface area contributed by atoms with E-state index in [4.69, 9.17) is 8.22 Å². The lowest BCUT2D eigenvalue weighted by molar-refractivity contribution is 0.0958. The highest BCUT2D eigenvalue weighted by Gasteiger charge is 2.02. The van der Waals surface area contributed by atoms with E-state index in [9.17, 15) is 4.79 Å². The first-order chi connectivity index (χ1) is 7.63. The van der Waals surface area contributed by atoms with Crippen LogP contribution in [-0.2, 0) is 0 Å². The minimum Gasteiger partial charge on any atom is -0.354 e. The maximum Gasteiger partial charge on any atom is 0.269 e. The van der Waals surface area contributed by atoms with Crippen molar-refractivity contribution in [3.8, 4) is 0 Å². The Morgan fingerprint density at radius 2 is 2.82 bits per heavy atom. The third kappa shape index (κ3) is 2.01. The van der Waals surface area contributed by atoms with Crippen LogP contribution in [0.15, 0.2) is 22.7 Å². The molecule has 58 valence electrons. The van der Waals surface area contributed by atoms with Gasteiger partial charge in [0.05, 0.1) is 4.11 Å². The fourth-order valence-electron chi connectivity index (χ4n) is 0.463. The number of halogens is 1. The molecule has 3 nitrogen and oxygen atoms in total. The number of nitrogens with one attached hydrogen (secondary N) is 1. The van der Waals surface area contributed by atoms with Crippen molar-refractivity contribution < 1.29 is 13.0 Å². The zero-order chi connectivity index (χ0) is 13.4. The normalized spacial score (nSPS) is 18.3. The first-order valence-corrected chi connectivity index (χ1v) is 3.38. The number of carbonyl (C=O) groups is 1. The largest absolute Gasteiger partial charge is 0.354 e. The van der Waals surface area contributed by atoms with E-state index in [-0.39, 0.29) is 10.5 Å². The molecule has 0 unspecified atom stereocenters. The van der Waals surface area contributed by atoms with Crippen LogP contribution in [0.1, 0.15) is 18.7 Å². The number of amides is 1. The third-order valence-electron chi connectivity index (χ3n) is 0.890. The fourth-order valence-corrected chi connectivity index (χ4v) is 0.739. The number of aromatic nitrogens is 1. The van der Waals surface area contributed by atoms with Crippen LogP contribution in [0.3, 0.4) is 0 Å². The van der Waals surface area contributed by atoms with Crippen LogP contribution >= 0.6 is 15.9 Å². The monoisotopic (exact) mass is 220 g/mol. The number of hydrogen-bond donors (Lipinski definition) is 1. The summed E-state index contributed by atoms with van der Waals surface area (Å²) in [7, 11) is 0. The molecule has 0 aromatic carbocycles. The predicted octanol–water partition coefficient (Wildman–Crippen LogP) is 1.20. The van der Waals surface area contributed by atoms with E-state index in [1.807, 2.05) is 0 Å². The van der Waals surface area contributed by atoms with E-state index in [1.54, 1.807) is 5.32 Å². The molecule has 1 aromatic heterocycles. The lowest BCUT2D eigenvalue weighted by Gasteiger charge is -1.97. The van der Waals surface area contributed by atoms with Crippen molar-refractivity contribution in [2.24, 2.45) is 0 Å². The Labute approximate surface area is 81.4 Å². The molecule has 0 saturated heterocycles. The quantitative estimate of drug-likeness (QED) is 0.774. The number of pyridine rings is 1. The molecule has 0 atom stereocenters. The number of rotatable bonds is 1. The lowest BCUT2D eigenvalue weighted by Crippen LogP contribution is -2.18. The molecule has 1 heterocycles. The average molecular weight is 221 g/mol.